The highest BCUT2D eigenvalue weighted by Gasteiger charge is 2.26. The van der Waals surface area contributed by atoms with Crippen LogP contribution in [0.3, 0.4) is 0 Å². The molecule has 1 aliphatic heterocycles. The van der Waals surface area contributed by atoms with Crippen LogP contribution in [0.2, 0.25) is 0 Å². The Kier molecular flexibility index (Phi) is 3.98. The average molecular weight is 173 g/mol. The zero-order chi connectivity index (χ0) is 8.86. The molecule has 1 heterocycles. The molecule has 3 nitrogen and oxygen atoms in total. The van der Waals surface area contributed by atoms with Gasteiger partial charge in [-0.2, -0.15) is 0 Å². The maximum atomic E-state index is 8.58. The Morgan fingerprint density at radius 3 is 3.00 bits per heavy atom. The van der Waals surface area contributed by atoms with Gasteiger partial charge in [-0.3, -0.25) is 0 Å². The van der Waals surface area contributed by atoms with Crippen molar-refractivity contribution < 1.29 is 9.84 Å². The summed E-state index contributed by atoms with van der Waals surface area (Å²) in [4.78, 5) is 0. The number of ether oxygens (including phenoxy) is 1. The summed E-state index contributed by atoms with van der Waals surface area (Å²) < 4.78 is 5.69. The molecule has 2 N–H and O–H groups in total. The second-order valence-corrected chi connectivity index (χ2v) is 3.66. The smallest absolute Gasteiger partial charge is 0.0778 e. The highest BCUT2D eigenvalue weighted by molar-refractivity contribution is 4.82. The number of hydrogen-bond donors (Lipinski definition) is 2. The van der Waals surface area contributed by atoms with Crippen molar-refractivity contribution in [1.29, 1.82) is 0 Å². The fraction of sp³-hybridized carbons (Fsp3) is 1.00. The van der Waals surface area contributed by atoms with E-state index in [0.717, 1.165) is 25.9 Å². The van der Waals surface area contributed by atoms with Crippen LogP contribution in [-0.2, 0) is 4.74 Å². The molecule has 0 bridgehead atoms. The molecule has 0 radical (unpaired) electrons. The SMILES string of the molecule is CC1(OCCCO)CCCNC1. The van der Waals surface area contributed by atoms with Crippen LogP contribution in [0.5, 0.6) is 0 Å². The van der Waals surface area contributed by atoms with E-state index in [9.17, 15) is 0 Å². The lowest BCUT2D eigenvalue weighted by Crippen LogP contribution is -2.45. The molecule has 1 aliphatic rings. The predicted octanol–water partition coefficient (Wildman–Crippen LogP) is 0.527. The molecule has 0 amide bonds. The topological polar surface area (TPSA) is 41.5 Å². The number of aliphatic hydroxyl groups is 1. The number of nitrogens with one attached hydrogen (secondary N) is 1. The van der Waals surface area contributed by atoms with Gasteiger partial charge >= 0.3 is 0 Å². The van der Waals surface area contributed by atoms with Gasteiger partial charge in [0.1, 0.15) is 0 Å². The Bertz CT molecular complexity index is 122. The first kappa shape index (κ1) is 9.96. The minimum atomic E-state index is 0.00736. The van der Waals surface area contributed by atoms with Crippen molar-refractivity contribution in [2.45, 2.75) is 31.8 Å². The Morgan fingerprint density at radius 1 is 1.58 bits per heavy atom. The Hall–Kier alpha value is -0.120. The largest absolute Gasteiger partial charge is 0.396 e. The zero-order valence-corrected chi connectivity index (χ0v) is 7.81. The number of hydrogen-bond acceptors (Lipinski definition) is 3. The second-order valence-electron chi connectivity index (χ2n) is 3.66. The molecule has 0 saturated carbocycles. The van der Waals surface area contributed by atoms with Gasteiger partial charge in [-0.05, 0) is 32.7 Å². The van der Waals surface area contributed by atoms with Crippen LogP contribution in [0.1, 0.15) is 26.2 Å². The fourth-order valence-electron chi connectivity index (χ4n) is 1.53. The van der Waals surface area contributed by atoms with Crippen LogP contribution in [0, 0.1) is 0 Å². The molecule has 1 unspecified atom stereocenters. The maximum absolute atomic E-state index is 8.58. The van der Waals surface area contributed by atoms with E-state index in [1.54, 1.807) is 0 Å². The summed E-state index contributed by atoms with van der Waals surface area (Å²) in [6.07, 6.45) is 3.07. The van der Waals surface area contributed by atoms with E-state index >= 15 is 0 Å². The molecule has 1 fully saturated rings. The van der Waals surface area contributed by atoms with Crippen molar-refractivity contribution in [3.8, 4) is 0 Å². The van der Waals surface area contributed by atoms with Gasteiger partial charge in [0, 0.05) is 19.8 Å². The molecule has 3 heteroatoms. The van der Waals surface area contributed by atoms with Crippen molar-refractivity contribution in [2.24, 2.45) is 0 Å². The van der Waals surface area contributed by atoms with Crippen molar-refractivity contribution >= 4 is 0 Å². The van der Waals surface area contributed by atoms with Crippen molar-refractivity contribution in [3.05, 3.63) is 0 Å². The standard InChI is InChI=1S/C9H19NO2/c1-9(12-7-3-6-11)4-2-5-10-8-9/h10-11H,2-8H2,1H3. The summed E-state index contributed by atoms with van der Waals surface area (Å²) in [5, 5.41) is 11.9. The molecule has 0 aromatic rings. The first-order valence-electron chi connectivity index (χ1n) is 4.72. The van der Waals surface area contributed by atoms with Gasteiger partial charge in [0.2, 0.25) is 0 Å². The number of piperidine rings is 1. The van der Waals surface area contributed by atoms with Gasteiger partial charge < -0.3 is 15.2 Å². The zero-order valence-electron chi connectivity index (χ0n) is 7.81. The minimum absolute atomic E-state index is 0.00736. The molecule has 0 aromatic carbocycles. The Labute approximate surface area is 74.1 Å². The monoisotopic (exact) mass is 173 g/mol. The van der Waals surface area contributed by atoms with E-state index in [0.29, 0.717) is 6.61 Å². The van der Waals surface area contributed by atoms with E-state index in [-0.39, 0.29) is 12.2 Å². The lowest BCUT2D eigenvalue weighted by Gasteiger charge is -2.34. The molecule has 0 spiro atoms. The van der Waals surface area contributed by atoms with Crippen molar-refractivity contribution in [1.82, 2.24) is 5.32 Å². The summed E-state index contributed by atoms with van der Waals surface area (Å²) in [6.45, 7) is 5.09. The molecule has 12 heavy (non-hydrogen) atoms. The quantitative estimate of drug-likeness (QED) is 0.609. The average Bonchev–Trinajstić information content (AvgIpc) is 2.06. The van der Waals surface area contributed by atoms with Crippen LogP contribution in [0.4, 0.5) is 0 Å². The molecular weight excluding hydrogens is 154 g/mol. The van der Waals surface area contributed by atoms with Gasteiger partial charge in [-0.1, -0.05) is 0 Å². The van der Waals surface area contributed by atoms with Crippen molar-refractivity contribution in [3.63, 3.8) is 0 Å². The third-order valence-electron chi connectivity index (χ3n) is 2.31. The lowest BCUT2D eigenvalue weighted by molar-refractivity contribution is -0.0503. The van der Waals surface area contributed by atoms with E-state index in [1.165, 1.54) is 6.42 Å². The third kappa shape index (κ3) is 3.09. The first-order valence-corrected chi connectivity index (χ1v) is 4.72. The van der Waals surface area contributed by atoms with Crippen LogP contribution >= 0.6 is 0 Å². The van der Waals surface area contributed by atoms with E-state index < -0.39 is 0 Å². The highest BCUT2D eigenvalue weighted by atomic mass is 16.5. The number of rotatable bonds is 4. The van der Waals surface area contributed by atoms with E-state index in [2.05, 4.69) is 12.2 Å². The van der Waals surface area contributed by atoms with Gasteiger partial charge in [-0.15, -0.1) is 0 Å². The molecule has 1 rings (SSSR count). The van der Waals surface area contributed by atoms with Crippen LogP contribution in [-0.4, -0.2) is 37.0 Å². The van der Waals surface area contributed by atoms with Gasteiger partial charge in [0.05, 0.1) is 5.60 Å². The van der Waals surface area contributed by atoms with Crippen LogP contribution in [0.15, 0.2) is 0 Å². The molecule has 72 valence electrons. The van der Waals surface area contributed by atoms with Crippen molar-refractivity contribution in [2.75, 3.05) is 26.3 Å². The summed E-state index contributed by atoms with van der Waals surface area (Å²) >= 11 is 0. The van der Waals surface area contributed by atoms with E-state index in [1.807, 2.05) is 0 Å². The first-order chi connectivity index (χ1) is 5.77. The molecule has 1 saturated heterocycles. The van der Waals surface area contributed by atoms with E-state index in [4.69, 9.17) is 9.84 Å². The number of aliphatic hydroxyl groups excluding tert-OH is 1. The van der Waals surface area contributed by atoms with Crippen LogP contribution in [0.25, 0.3) is 0 Å². The molecule has 0 aromatic heterocycles. The Morgan fingerprint density at radius 2 is 2.42 bits per heavy atom. The normalized spacial score (nSPS) is 30.5. The molecular formula is C9H19NO2. The maximum Gasteiger partial charge on any atom is 0.0778 e. The van der Waals surface area contributed by atoms with Crippen LogP contribution < -0.4 is 5.32 Å². The van der Waals surface area contributed by atoms with Gasteiger partial charge in [0.25, 0.3) is 0 Å². The molecule has 0 aliphatic carbocycles. The summed E-state index contributed by atoms with van der Waals surface area (Å²) in [5.41, 5.74) is 0.00736. The summed E-state index contributed by atoms with van der Waals surface area (Å²) in [7, 11) is 0. The third-order valence-corrected chi connectivity index (χ3v) is 2.31. The fourth-order valence-corrected chi connectivity index (χ4v) is 1.53. The summed E-state index contributed by atoms with van der Waals surface area (Å²) in [6, 6.07) is 0. The molecule has 1 atom stereocenters. The predicted molar refractivity (Wildman–Crippen MR) is 48.2 cm³/mol. The Balaban J connectivity index is 2.17. The highest BCUT2D eigenvalue weighted by Crippen LogP contribution is 2.19. The minimum Gasteiger partial charge on any atom is -0.396 e. The lowest BCUT2D eigenvalue weighted by atomic mass is 9.96. The summed E-state index contributed by atoms with van der Waals surface area (Å²) in [5.74, 6) is 0. The van der Waals surface area contributed by atoms with Gasteiger partial charge in [-0.25, -0.2) is 0 Å². The second kappa shape index (κ2) is 4.80. The van der Waals surface area contributed by atoms with Gasteiger partial charge in [0.15, 0.2) is 0 Å².